The van der Waals surface area contributed by atoms with Gasteiger partial charge in [-0.3, -0.25) is 4.79 Å². The van der Waals surface area contributed by atoms with Crippen LogP contribution in [0.5, 0.6) is 11.5 Å². The molecule has 3 nitrogen and oxygen atoms in total. The second-order valence-corrected chi connectivity index (χ2v) is 6.72. The van der Waals surface area contributed by atoms with Crippen LogP contribution in [0.4, 0.5) is 17.6 Å². The van der Waals surface area contributed by atoms with Gasteiger partial charge in [-0.25, -0.2) is 0 Å². The number of carbonyl (C=O) groups is 1. The SMILES string of the molecule is FC(F)Oc1ccc(I)cc1.O=Cc1ccc(-c2ccc(OC(F)F)cc2)cc1. The predicted molar refractivity (Wildman–Crippen MR) is 110 cm³/mol. The maximum atomic E-state index is 12.0. The average Bonchev–Trinajstić information content (AvgIpc) is 2.70. The van der Waals surface area contributed by atoms with Crippen molar-refractivity contribution in [1.29, 1.82) is 0 Å². The highest BCUT2D eigenvalue weighted by Gasteiger charge is 2.04. The summed E-state index contributed by atoms with van der Waals surface area (Å²) in [6.07, 6.45) is 0.767. The molecule has 0 amide bonds. The summed E-state index contributed by atoms with van der Waals surface area (Å²) >= 11 is 2.09. The first-order valence-corrected chi connectivity index (χ1v) is 9.26. The number of aldehydes is 1. The number of ether oxygens (including phenoxy) is 2. The zero-order chi connectivity index (χ0) is 21.2. The van der Waals surface area contributed by atoms with Gasteiger partial charge in [-0.1, -0.05) is 36.4 Å². The lowest BCUT2D eigenvalue weighted by Gasteiger charge is -2.06. The molecule has 3 aromatic rings. The number of benzene rings is 3. The Hall–Kier alpha value is -2.62. The smallest absolute Gasteiger partial charge is 0.387 e. The molecule has 3 rings (SSSR count). The van der Waals surface area contributed by atoms with Crippen molar-refractivity contribution in [3.8, 4) is 22.6 Å². The molecule has 0 saturated carbocycles. The van der Waals surface area contributed by atoms with Crippen LogP contribution in [-0.2, 0) is 0 Å². The third-order valence-corrected chi connectivity index (χ3v) is 4.22. The van der Waals surface area contributed by atoms with E-state index in [4.69, 9.17) is 0 Å². The topological polar surface area (TPSA) is 35.5 Å². The van der Waals surface area contributed by atoms with E-state index in [1.807, 2.05) is 0 Å². The van der Waals surface area contributed by atoms with Crippen molar-refractivity contribution in [2.45, 2.75) is 13.2 Å². The Kier molecular flexibility index (Phi) is 8.91. The van der Waals surface area contributed by atoms with Gasteiger partial charge in [0.1, 0.15) is 17.8 Å². The number of hydrogen-bond donors (Lipinski definition) is 0. The summed E-state index contributed by atoms with van der Waals surface area (Å²) in [7, 11) is 0. The quantitative estimate of drug-likeness (QED) is 0.208. The van der Waals surface area contributed by atoms with E-state index in [2.05, 4.69) is 32.1 Å². The monoisotopic (exact) mass is 518 g/mol. The zero-order valence-corrected chi connectivity index (χ0v) is 16.9. The second kappa shape index (κ2) is 11.4. The molecule has 152 valence electrons. The van der Waals surface area contributed by atoms with Gasteiger partial charge in [-0.05, 0) is 70.1 Å². The van der Waals surface area contributed by atoms with E-state index >= 15 is 0 Å². The number of hydrogen-bond acceptors (Lipinski definition) is 3. The predicted octanol–water partition coefficient (Wildman–Crippen LogP) is 6.66. The van der Waals surface area contributed by atoms with E-state index in [1.165, 1.54) is 24.3 Å². The Bertz CT molecular complexity index is 883. The summed E-state index contributed by atoms with van der Waals surface area (Å²) < 4.78 is 56.5. The summed E-state index contributed by atoms with van der Waals surface area (Å²) in [5.41, 5.74) is 2.37. The molecule has 0 atom stereocenters. The van der Waals surface area contributed by atoms with E-state index in [1.54, 1.807) is 48.5 Å². The van der Waals surface area contributed by atoms with Crippen LogP contribution in [0, 0.1) is 3.57 Å². The molecular formula is C21H15F4IO3. The lowest BCUT2D eigenvalue weighted by atomic mass is 10.0. The molecule has 0 N–H and O–H groups in total. The molecule has 8 heteroatoms. The van der Waals surface area contributed by atoms with Crippen LogP contribution in [0.3, 0.4) is 0 Å². The van der Waals surface area contributed by atoms with E-state index in [9.17, 15) is 22.4 Å². The summed E-state index contributed by atoms with van der Waals surface area (Å²) in [5.74, 6) is 0.318. The largest absolute Gasteiger partial charge is 0.435 e. The zero-order valence-electron chi connectivity index (χ0n) is 14.8. The van der Waals surface area contributed by atoms with Crippen molar-refractivity contribution >= 4 is 28.9 Å². The van der Waals surface area contributed by atoms with Gasteiger partial charge >= 0.3 is 13.2 Å². The van der Waals surface area contributed by atoms with Crippen LogP contribution < -0.4 is 9.47 Å². The van der Waals surface area contributed by atoms with E-state index in [-0.39, 0.29) is 11.5 Å². The fraction of sp³-hybridized carbons (Fsp3) is 0.0952. The van der Waals surface area contributed by atoms with Crippen molar-refractivity contribution in [3.63, 3.8) is 0 Å². The van der Waals surface area contributed by atoms with Gasteiger partial charge in [0.25, 0.3) is 0 Å². The standard InChI is InChI=1S/C14H10F2O2.C7H5F2IO/c15-14(16)18-13-7-5-12(6-8-13)11-3-1-10(9-17)2-4-11;8-7(9)11-6-3-1-5(10)2-4-6/h1-9,14H;1-4,7H. The maximum Gasteiger partial charge on any atom is 0.387 e. The number of alkyl halides is 4. The van der Waals surface area contributed by atoms with Crippen molar-refractivity contribution in [3.05, 3.63) is 81.9 Å². The van der Waals surface area contributed by atoms with E-state index in [0.29, 0.717) is 5.56 Å². The first-order valence-electron chi connectivity index (χ1n) is 8.18. The normalized spacial score (nSPS) is 10.3. The van der Waals surface area contributed by atoms with Crippen molar-refractivity contribution in [2.24, 2.45) is 0 Å². The van der Waals surface area contributed by atoms with Crippen LogP contribution in [0.1, 0.15) is 10.4 Å². The molecule has 0 bridgehead atoms. The van der Waals surface area contributed by atoms with Gasteiger partial charge in [0.2, 0.25) is 0 Å². The third kappa shape index (κ3) is 8.10. The Morgan fingerprint density at radius 2 is 1.03 bits per heavy atom. The molecule has 0 saturated heterocycles. The molecule has 0 radical (unpaired) electrons. The van der Waals surface area contributed by atoms with Crippen LogP contribution in [0.2, 0.25) is 0 Å². The average molecular weight is 518 g/mol. The first kappa shape index (κ1) is 22.7. The van der Waals surface area contributed by atoms with Crippen LogP contribution in [0.25, 0.3) is 11.1 Å². The first-order chi connectivity index (χ1) is 13.9. The highest BCUT2D eigenvalue weighted by Crippen LogP contribution is 2.23. The van der Waals surface area contributed by atoms with Gasteiger partial charge in [-0.15, -0.1) is 0 Å². The minimum atomic E-state index is -2.82. The molecule has 0 aromatic heterocycles. The van der Waals surface area contributed by atoms with E-state index < -0.39 is 13.2 Å². The fourth-order valence-corrected chi connectivity index (χ4v) is 2.56. The van der Waals surface area contributed by atoms with Crippen LogP contribution >= 0.6 is 22.6 Å². The van der Waals surface area contributed by atoms with Crippen LogP contribution in [0.15, 0.2) is 72.8 Å². The summed E-state index contributed by atoms with van der Waals surface area (Å²) in [6, 6.07) is 19.8. The molecule has 29 heavy (non-hydrogen) atoms. The molecule has 0 fully saturated rings. The number of halogens is 5. The van der Waals surface area contributed by atoms with Crippen molar-refractivity contribution < 1.29 is 31.8 Å². The highest BCUT2D eigenvalue weighted by molar-refractivity contribution is 14.1. The summed E-state index contributed by atoms with van der Waals surface area (Å²) in [5, 5.41) is 0. The molecule has 3 aromatic carbocycles. The van der Waals surface area contributed by atoms with Gasteiger partial charge in [0.05, 0.1) is 0 Å². The molecule has 0 spiro atoms. The number of rotatable bonds is 6. The third-order valence-electron chi connectivity index (χ3n) is 3.50. The lowest BCUT2D eigenvalue weighted by molar-refractivity contribution is -0.0505. The molecule has 0 aliphatic rings. The minimum Gasteiger partial charge on any atom is -0.435 e. The maximum absolute atomic E-state index is 12.0. The second-order valence-electron chi connectivity index (χ2n) is 5.48. The fourth-order valence-electron chi connectivity index (χ4n) is 2.20. The summed E-state index contributed by atoms with van der Waals surface area (Å²) in [6.45, 7) is -5.56. The van der Waals surface area contributed by atoms with E-state index in [0.717, 1.165) is 21.0 Å². The van der Waals surface area contributed by atoms with Gasteiger partial charge < -0.3 is 9.47 Å². The number of carbonyl (C=O) groups excluding carboxylic acids is 1. The van der Waals surface area contributed by atoms with Crippen molar-refractivity contribution in [1.82, 2.24) is 0 Å². The Morgan fingerprint density at radius 1 is 0.655 bits per heavy atom. The minimum absolute atomic E-state index is 0.123. The lowest BCUT2D eigenvalue weighted by Crippen LogP contribution is -2.01. The van der Waals surface area contributed by atoms with Crippen molar-refractivity contribution in [2.75, 3.05) is 0 Å². The summed E-state index contributed by atoms with van der Waals surface area (Å²) in [4.78, 5) is 10.5. The molecule has 0 aliphatic carbocycles. The molecule has 0 heterocycles. The highest BCUT2D eigenvalue weighted by atomic mass is 127. The van der Waals surface area contributed by atoms with Gasteiger partial charge in [0, 0.05) is 9.13 Å². The van der Waals surface area contributed by atoms with Gasteiger partial charge in [0.15, 0.2) is 0 Å². The Morgan fingerprint density at radius 3 is 1.41 bits per heavy atom. The van der Waals surface area contributed by atoms with Crippen LogP contribution in [-0.4, -0.2) is 19.5 Å². The molecule has 0 aliphatic heterocycles. The Balaban J connectivity index is 0.000000234. The Labute approximate surface area is 178 Å². The molecule has 0 unspecified atom stereocenters. The molecular weight excluding hydrogens is 503 g/mol. The van der Waals surface area contributed by atoms with Gasteiger partial charge in [-0.2, -0.15) is 17.6 Å².